The Bertz CT molecular complexity index is 1730. The van der Waals surface area contributed by atoms with Crippen molar-refractivity contribution in [3.05, 3.63) is 95.3 Å². The quantitative estimate of drug-likeness (QED) is 0.160. The first-order chi connectivity index (χ1) is 22.7. The van der Waals surface area contributed by atoms with Crippen LogP contribution in [-0.2, 0) is 25.9 Å². The number of aromatic nitrogens is 8. The minimum absolute atomic E-state index is 0.196. The van der Waals surface area contributed by atoms with Gasteiger partial charge in [-0.25, -0.2) is 19.3 Å². The van der Waals surface area contributed by atoms with Crippen LogP contribution in [0.3, 0.4) is 0 Å². The van der Waals surface area contributed by atoms with Crippen LogP contribution >= 0.6 is 0 Å². The molecule has 0 bridgehead atoms. The molecular weight excluding hydrogens is 586 g/mol. The van der Waals surface area contributed by atoms with Gasteiger partial charge in [-0.15, -0.1) is 0 Å². The molecule has 4 aromatic heterocycles. The summed E-state index contributed by atoms with van der Waals surface area (Å²) < 4.78 is 3.77. The van der Waals surface area contributed by atoms with Gasteiger partial charge in [-0.1, -0.05) is 12.1 Å². The van der Waals surface area contributed by atoms with Crippen LogP contribution in [-0.4, -0.2) is 116 Å². The van der Waals surface area contributed by atoms with Gasteiger partial charge in [0.15, 0.2) is 0 Å². The lowest BCUT2D eigenvalue weighted by Crippen LogP contribution is -2.19. The van der Waals surface area contributed by atoms with E-state index in [9.17, 15) is 0 Å². The van der Waals surface area contributed by atoms with Crippen molar-refractivity contribution in [1.29, 1.82) is 0 Å². The summed E-state index contributed by atoms with van der Waals surface area (Å²) in [5.74, 6) is 0.196. The fourth-order valence-electron chi connectivity index (χ4n) is 6.68. The van der Waals surface area contributed by atoms with E-state index >= 15 is 0 Å². The molecule has 248 valence electrons. The number of fused-ring (bicyclic) bond motifs is 2. The first-order valence-electron chi connectivity index (χ1n) is 16.6. The maximum Gasteiger partial charge on any atom is 0.137 e. The van der Waals surface area contributed by atoms with Crippen LogP contribution in [0.25, 0.3) is 21.8 Å². The van der Waals surface area contributed by atoms with Crippen molar-refractivity contribution in [3.63, 3.8) is 0 Å². The van der Waals surface area contributed by atoms with Crippen molar-refractivity contribution in [2.75, 3.05) is 61.9 Å². The molecule has 2 aromatic carbocycles. The number of benzene rings is 2. The second kappa shape index (κ2) is 14.6. The van der Waals surface area contributed by atoms with E-state index < -0.39 is 0 Å². The Balaban J connectivity index is 1.48. The summed E-state index contributed by atoms with van der Waals surface area (Å²) in [7, 11) is 13.0. The predicted octanol–water partition coefficient (Wildman–Crippen LogP) is 4.61. The van der Waals surface area contributed by atoms with Gasteiger partial charge >= 0.3 is 0 Å². The van der Waals surface area contributed by atoms with Gasteiger partial charge in [-0.3, -0.25) is 0 Å². The third-order valence-electron chi connectivity index (χ3n) is 9.04. The van der Waals surface area contributed by atoms with E-state index in [1.54, 1.807) is 25.3 Å². The molecule has 11 heteroatoms. The molecule has 0 saturated carbocycles. The van der Waals surface area contributed by atoms with Crippen LogP contribution in [0.2, 0.25) is 0 Å². The Morgan fingerprint density at radius 2 is 1.11 bits per heavy atom. The third kappa shape index (κ3) is 7.81. The molecule has 0 amide bonds. The first kappa shape index (κ1) is 32.6. The number of nitrogens with zero attached hydrogens (tertiary/aromatic N) is 9. The monoisotopic (exact) mass is 635 g/mol. The number of H-pyrrole nitrogens is 2. The maximum absolute atomic E-state index is 4.35. The molecule has 0 atom stereocenters. The Morgan fingerprint density at radius 3 is 1.51 bits per heavy atom. The molecule has 0 aliphatic heterocycles. The average Bonchev–Trinajstić information content (AvgIpc) is 3.84. The van der Waals surface area contributed by atoms with Crippen molar-refractivity contribution >= 4 is 21.8 Å². The predicted molar refractivity (Wildman–Crippen MR) is 189 cm³/mol. The average molecular weight is 636 g/mol. The molecule has 6 rings (SSSR count). The minimum Gasteiger partial charge on any atom is -0.358 e. The molecule has 0 saturated heterocycles. The van der Waals surface area contributed by atoms with E-state index in [1.807, 2.05) is 9.36 Å². The van der Waals surface area contributed by atoms with Gasteiger partial charge in [-0.2, -0.15) is 10.2 Å². The summed E-state index contributed by atoms with van der Waals surface area (Å²) in [4.78, 5) is 23.1. The zero-order chi connectivity index (χ0) is 32.9. The highest BCUT2D eigenvalue weighted by Crippen LogP contribution is 2.39. The Hall–Kier alpha value is -4.32. The van der Waals surface area contributed by atoms with Crippen LogP contribution in [0.15, 0.2) is 61.7 Å². The minimum atomic E-state index is 0.196. The molecule has 11 nitrogen and oxygen atoms in total. The number of likely N-dealkylation sites (N-methyl/N-ethyl adjacent to an activating group) is 2. The van der Waals surface area contributed by atoms with E-state index in [1.165, 1.54) is 55.4 Å². The normalized spacial score (nSPS) is 12.3. The second-order valence-electron chi connectivity index (χ2n) is 13.6. The number of hydrogen-bond donors (Lipinski definition) is 2. The Kier molecular flexibility index (Phi) is 10.1. The molecule has 0 fully saturated rings. The van der Waals surface area contributed by atoms with Gasteiger partial charge in [0.25, 0.3) is 0 Å². The topological polar surface area (TPSA) is 103 Å². The molecule has 0 radical (unpaired) electrons. The SMILES string of the molecule is CN(C)CCCC(c1[nH]c2ccc(Cn3cncn3)cc2c1CCN(C)C)c1[nH]c2ccc(Cn3cncn3)cc2c1CCN(C)C. The van der Waals surface area contributed by atoms with Crippen molar-refractivity contribution in [2.24, 2.45) is 0 Å². The summed E-state index contributed by atoms with van der Waals surface area (Å²) in [5.41, 5.74) is 10.3. The van der Waals surface area contributed by atoms with E-state index in [0.29, 0.717) is 13.1 Å². The molecule has 0 spiro atoms. The summed E-state index contributed by atoms with van der Waals surface area (Å²) in [6, 6.07) is 13.6. The number of aromatic amines is 2. The van der Waals surface area contributed by atoms with Crippen molar-refractivity contribution in [3.8, 4) is 0 Å². The van der Waals surface area contributed by atoms with Crippen LogP contribution in [0.4, 0.5) is 0 Å². The maximum atomic E-state index is 4.35. The van der Waals surface area contributed by atoms with Gasteiger partial charge in [-0.05, 0) is 121 Å². The summed E-state index contributed by atoms with van der Waals surface area (Å²) in [5, 5.41) is 11.3. The number of rotatable bonds is 16. The van der Waals surface area contributed by atoms with E-state index in [-0.39, 0.29) is 5.92 Å². The third-order valence-corrected chi connectivity index (χ3v) is 9.04. The lowest BCUT2D eigenvalue weighted by atomic mass is 9.88. The van der Waals surface area contributed by atoms with Crippen molar-refractivity contribution in [1.82, 2.24) is 54.2 Å². The van der Waals surface area contributed by atoms with E-state index in [4.69, 9.17) is 0 Å². The molecule has 0 aliphatic rings. The van der Waals surface area contributed by atoms with Gasteiger partial charge in [0.05, 0.1) is 13.1 Å². The van der Waals surface area contributed by atoms with Gasteiger partial charge in [0.2, 0.25) is 0 Å². The number of hydrogen-bond acceptors (Lipinski definition) is 7. The summed E-state index contributed by atoms with van der Waals surface area (Å²) in [6.07, 6.45) is 10.8. The molecule has 2 N–H and O–H groups in total. The molecule has 4 heterocycles. The summed E-state index contributed by atoms with van der Waals surface area (Å²) in [6.45, 7) is 4.39. The van der Waals surface area contributed by atoms with Gasteiger partial charge in [0, 0.05) is 52.2 Å². The highest BCUT2D eigenvalue weighted by atomic mass is 15.3. The Labute approximate surface area is 277 Å². The molecular formula is C36H49N11. The van der Waals surface area contributed by atoms with Crippen LogP contribution in [0, 0.1) is 0 Å². The largest absolute Gasteiger partial charge is 0.358 e. The van der Waals surface area contributed by atoms with E-state index in [2.05, 4.69) is 124 Å². The molecule has 0 unspecified atom stereocenters. The van der Waals surface area contributed by atoms with Crippen molar-refractivity contribution < 1.29 is 0 Å². The second-order valence-corrected chi connectivity index (χ2v) is 13.6. The highest BCUT2D eigenvalue weighted by Gasteiger charge is 2.27. The van der Waals surface area contributed by atoms with Crippen molar-refractivity contribution in [2.45, 2.75) is 44.7 Å². The lowest BCUT2D eigenvalue weighted by molar-refractivity contribution is 0.387. The smallest absolute Gasteiger partial charge is 0.137 e. The van der Waals surface area contributed by atoms with Crippen LogP contribution < -0.4 is 0 Å². The number of nitrogens with one attached hydrogen (secondary N) is 2. The highest BCUT2D eigenvalue weighted by molar-refractivity contribution is 5.88. The van der Waals surface area contributed by atoms with Crippen LogP contribution in [0.5, 0.6) is 0 Å². The molecule has 0 aliphatic carbocycles. The standard InChI is InChI=1S/C36H49N11/c1-43(2)15-7-8-30(35-28(13-16-44(3)4)31-18-26(9-11-33(31)41-35)20-46-24-37-22-39-46)36-29(14-17-45(5)6)32-19-27(10-12-34(32)42-36)21-47-25-38-23-40-47/h9-12,18-19,22-25,30,41-42H,7-8,13-17,20-21H2,1-6H3. The Morgan fingerprint density at radius 1 is 0.638 bits per heavy atom. The first-order valence-corrected chi connectivity index (χ1v) is 16.6. The molecule has 6 aromatic rings. The zero-order valence-electron chi connectivity index (χ0n) is 28.7. The molecule has 47 heavy (non-hydrogen) atoms. The lowest BCUT2D eigenvalue weighted by Gasteiger charge is -2.22. The summed E-state index contributed by atoms with van der Waals surface area (Å²) >= 11 is 0. The van der Waals surface area contributed by atoms with Gasteiger partial charge < -0.3 is 24.7 Å². The van der Waals surface area contributed by atoms with Gasteiger partial charge in [0.1, 0.15) is 25.3 Å². The van der Waals surface area contributed by atoms with Crippen LogP contribution in [0.1, 0.15) is 52.4 Å². The fourth-order valence-corrected chi connectivity index (χ4v) is 6.68. The zero-order valence-corrected chi connectivity index (χ0v) is 28.7. The fraction of sp³-hybridized carbons (Fsp3) is 0.444. The van der Waals surface area contributed by atoms with E-state index in [0.717, 1.165) is 45.3 Å².